The van der Waals surface area contributed by atoms with E-state index in [1.54, 1.807) is 12.3 Å². The molecule has 3 aromatic heterocycles. The maximum Gasteiger partial charge on any atom is 0.183 e. The highest BCUT2D eigenvalue weighted by Crippen LogP contribution is 2.27. The summed E-state index contributed by atoms with van der Waals surface area (Å²) in [4.78, 5) is 15.3. The second-order valence-electron chi connectivity index (χ2n) is 4.29. The second kappa shape index (κ2) is 5.63. The van der Waals surface area contributed by atoms with Crippen molar-refractivity contribution in [3.8, 4) is 11.4 Å². The Kier molecular flexibility index (Phi) is 3.68. The summed E-state index contributed by atoms with van der Waals surface area (Å²) in [5.74, 6) is -0.200. The third-order valence-electron chi connectivity index (χ3n) is 2.89. The van der Waals surface area contributed by atoms with Crippen LogP contribution in [0.25, 0.3) is 22.4 Å². The highest BCUT2D eigenvalue weighted by atomic mass is 35.5. The number of nitrogens with one attached hydrogen (secondary N) is 2. The van der Waals surface area contributed by atoms with Crippen LogP contribution in [0, 0.1) is 5.82 Å². The topological polar surface area (TPSA) is 86.7 Å². The summed E-state index contributed by atoms with van der Waals surface area (Å²) in [6, 6.07) is 1.74. The van der Waals surface area contributed by atoms with Crippen molar-refractivity contribution in [2.45, 2.75) is 0 Å². The minimum Gasteiger partial charge on any atom is -0.395 e. The van der Waals surface area contributed by atoms with Gasteiger partial charge in [-0.15, -0.1) is 0 Å². The zero-order chi connectivity index (χ0) is 14.8. The molecule has 21 heavy (non-hydrogen) atoms. The highest BCUT2D eigenvalue weighted by Gasteiger charge is 2.13. The number of aromatic nitrogens is 4. The summed E-state index contributed by atoms with van der Waals surface area (Å²) in [7, 11) is 0. The number of halogens is 2. The molecular weight excluding hydrogens is 297 g/mol. The first kappa shape index (κ1) is 13.7. The summed E-state index contributed by atoms with van der Waals surface area (Å²) >= 11 is 5.94. The predicted octanol–water partition coefficient (Wildman–Crippen LogP) is 2.22. The van der Waals surface area contributed by atoms with Gasteiger partial charge >= 0.3 is 0 Å². The lowest BCUT2D eigenvalue weighted by Gasteiger charge is -2.06. The standard InChI is InChI=1S/C13H11ClFN5O/c14-7-3-8-9(5-18-11(8)17-4-7)12-19-6-10(15)13(20-12)16-1-2-21/h3-6,21H,1-2H2,(H,17,18)(H,16,19,20). The molecule has 0 saturated carbocycles. The molecule has 0 fully saturated rings. The fourth-order valence-corrected chi connectivity index (χ4v) is 2.12. The van der Waals surface area contributed by atoms with Gasteiger partial charge in [0.2, 0.25) is 0 Å². The Morgan fingerprint density at radius 1 is 1.33 bits per heavy atom. The molecular formula is C13H11ClFN5O. The molecule has 3 heterocycles. The number of hydrogen-bond donors (Lipinski definition) is 3. The van der Waals surface area contributed by atoms with Gasteiger partial charge in [0.1, 0.15) is 5.65 Å². The van der Waals surface area contributed by atoms with Gasteiger partial charge in [-0.2, -0.15) is 0 Å². The molecule has 8 heteroatoms. The van der Waals surface area contributed by atoms with Crippen LogP contribution in [0.15, 0.2) is 24.7 Å². The van der Waals surface area contributed by atoms with Gasteiger partial charge in [-0.1, -0.05) is 11.6 Å². The lowest BCUT2D eigenvalue weighted by Crippen LogP contribution is -2.09. The Labute approximate surface area is 124 Å². The van der Waals surface area contributed by atoms with Gasteiger partial charge in [-0.05, 0) is 6.07 Å². The van der Waals surface area contributed by atoms with Crippen molar-refractivity contribution in [2.75, 3.05) is 18.5 Å². The summed E-state index contributed by atoms with van der Waals surface area (Å²) in [6.07, 6.45) is 4.31. The molecule has 0 bridgehead atoms. The monoisotopic (exact) mass is 307 g/mol. The molecule has 108 valence electrons. The second-order valence-corrected chi connectivity index (χ2v) is 4.73. The number of hydrogen-bond acceptors (Lipinski definition) is 5. The van der Waals surface area contributed by atoms with Crippen molar-refractivity contribution in [2.24, 2.45) is 0 Å². The number of anilines is 1. The van der Waals surface area contributed by atoms with E-state index in [1.165, 1.54) is 6.20 Å². The van der Waals surface area contributed by atoms with E-state index >= 15 is 0 Å². The molecule has 0 saturated heterocycles. The van der Waals surface area contributed by atoms with Crippen LogP contribution in [-0.4, -0.2) is 38.2 Å². The van der Waals surface area contributed by atoms with Gasteiger partial charge in [-0.25, -0.2) is 19.3 Å². The number of aliphatic hydroxyl groups is 1. The Hall–Kier alpha value is -2.25. The summed E-state index contributed by atoms with van der Waals surface area (Å²) in [5.41, 5.74) is 1.32. The molecule has 0 aromatic carbocycles. The molecule has 0 unspecified atom stereocenters. The number of fused-ring (bicyclic) bond motifs is 1. The van der Waals surface area contributed by atoms with Crippen molar-refractivity contribution >= 4 is 28.5 Å². The number of nitrogens with zero attached hydrogens (tertiary/aromatic N) is 3. The molecule has 0 radical (unpaired) electrons. The molecule has 6 nitrogen and oxygen atoms in total. The Balaban J connectivity index is 2.08. The minimum atomic E-state index is -0.580. The van der Waals surface area contributed by atoms with Crippen molar-refractivity contribution in [1.82, 2.24) is 19.9 Å². The van der Waals surface area contributed by atoms with Crippen LogP contribution >= 0.6 is 11.6 Å². The van der Waals surface area contributed by atoms with E-state index in [2.05, 4.69) is 25.3 Å². The van der Waals surface area contributed by atoms with Crippen LogP contribution in [0.2, 0.25) is 5.02 Å². The predicted molar refractivity (Wildman–Crippen MR) is 77.7 cm³/mol. The average molecular weight is 308 g/mol. The smallest absolute Gasteiger partial charge is 0.183 e. The molecule has 3 N–H and O–H groups in total. The van der Waals surface area contributed by atoms with E-state index in [0.29, 0.717) is 22.1 Å². The Morgan fingerprint density at radius 3 is 3.00 bits per heavy atom. The van der Waals surface area contributed by atoms with Crippen molar-refractivity contribution in [1.29, 1.82) is 0 Å². The first-order chi connectivity index (χ1) is 10.2. The molecule has 0 aliphatic carbocycles. The van der Waals surface area contributed by atoms with Crippen LogP contribution in [0.5, 0.6) is 0 Å². The fourth-order valence-electron chi connectivity index (χ4n) is 1.96. The molecule has 0 amide bonds. The Bertz CT molecular complexity index is 791. The summed E-state index contributed by atoms with van der Waals surface area (Å²) in [6.45, 7) is 0.0834. The molecule has 0 spiro atoms. The lowest BCUT2D eigenvalue weighted by atomic mass is 10.2. The van der Waals surface area contributed by atoms with E-state index in [4.69, 9.17) is 16.7 Å². The number of rotatable bonds is 4. The number of aliphatic hydroxyl groups excluding tert-OH is 1. The van der Waals surface area contributed by atoms with Gasteiger partial charge in [-0.3, -0.25) is 0 Å². The van der Waals surface area contributed by atoms with Crippen molar-refractivity contribution in [3.05, 3.63) is 35.5 Å². The zero-order valence-corrected chi connectivity index (χ0v) is 11.5. The van der Waals surface area contributed by atoms with Gasteiger partial charge in [0.15, 0.2) is 17.5 Å². The normalized spacial score (nSPS) is 11.0. The Morgan fingerprint density at radius 2 is 2.19 bits per heavy atom. The van der Waals surface area contributed by atoms with Crippen LogP contribution in [-0.2, 0) is 0 Å². The summed E-state index contributed by atoms with van der Waals surface area (Å²) < 4.78 is 13.6. The van der Waals surface area contributed by atoms with Crippen LogP contribution in [0.4, 0.5) is 10.2 Å². The minimum absolute atomic E-state index is 0.0402. The fraction of sp³-hybridized carbons (Fsp3) is 0.154. The van der Waals surface area contributed by atoms with Crippen LogP contribution in [0.1, 0.15) is 0 Å². The molecule has 0 aliphatic rings. The largest absolute Gasteiger partial charge is 0.395 e. The van der Waals surface area contributed by atoms with E-state index in [9.17, 15) is 4.39 Å². The van der Waals surface area contributed by atoms with Gasteiger partial charge in [0.25, 0.3) is 0 Å². The third kappa shape index (κ3) is 2.65. The molecule has 0 aliphatic heterocycles. The van der Waals surface area contributed by atoms with Crippen molar-refractivity contribution in [3.63, 3.8) is 0 Å². The van der Waals surface area contributed by atoms with E-state index in [-0.39, 0.29) is 19.0 Å². The zero-order valence-electron chi connectivity index (χ0n) is 10.8. The average Bonchev–Trinajstić information content (AvgIpc) is 2.89. The molecule has 3 rings (SSSR count). The maximum atomic E-state index is 13.6. The van der Waals surface area contributed by atoms with Gasteiger partial charge < -0.3 is 15.4 Å². The number of H-pyrrole nitrogens is 1. The first-order valence-electron chi connectivity index (χ1n) is 6.19. The summed E-state index contributed by atoms with van der Waals surface area (Å²) in [5, 5.41) is 12.7. The van der Waals surface area contributed by atoms with E-state index in [1.807, 2.05) is 0 Å². The van der Waals surface area contributed by atoms with Crippen molar-refractivity contribution < 1.29 is 9.50 Å². The van der Waals surface area contributed by atoms with Gasteiger partial charge in [0.05, 0.1) is 17.8 Å². The van der Waals surface area contributed by atoms with Gasteiger partial charge in [0, 0.05) is 29.9 Å². The number of pyridine rings is 1. The lowest BCUT2D eigenvalue weighted by molar-refractivity contribution is 0.310. The van der Waals surface area contributed by atoms with Crippen LogP contribution < -0.4 is 5.32 Å². The molecule has 3 aromatic rings. The first-order valence-corrected chi connectivity index (χ1v) is 6.57. The van der Waals surface area contributed by atoms with Crippen LogP contribution in [0.3, 0.4) is 0 Å². The molecule has 0 atom stereocenters. The highest BCUT2D eigenvalue weighted by molar-refractivity contribution is 6.31. The SMILES string of the molecule is OCCNc1nc(-c2c[nH]c3ncc(Cl)cc23)ncc1F. The quantitative estimate of drug-likeness (QED) is 0.688. The third-order valence-corrected chi connectivity index (χ3v) is 3.09. The number of aromatic amines is 1. The van der Waals surface area contributed by atoms with E-state index in [0.717, 1.165) is 11.6 Å². The maximum absolute atomic E-state index is 13.6. The van der Waals surface area contributed by atoms with E-state index < -0.39 is 5.82 Å².